The van der Waals surface area contributed by atoms with E-state index >= 15 is 0 Å². The van der Waals surface area contributed by atoms with Crippen molar-refractivity contribution < 1.29 is 28.3 Å². The number of rotatable bonds is 5. The zero-order chi connectivity index (χ0) is 21.4. The summed E-state index contributed by atoms with van der Waals surface area (Å²) in [5, 5.41) is 0. The summed E-state index contributed by atoms with van der Waals surface area (Å²) in [5.74, 6) is -1.28. The fraction of sp³-hybridized carbons (Fsp3) is 0.238. The van der Waals surface area contributed by atoms with Gasteiger partial charge >= 0.3 is 11.7 Å². The van der Waals surface area contributed by atoms with E-state index in [0.717, 1.165) is 0 Å². The molecule has 0 aliphatic carbocycles. The van der Waals surface area contributed by atoms with E-state index in [1.165, 1.54) is 29.9 Å². The number of Topliss-reactive ketones (excluding diaryl/α,β-unsaturated/α-hetero) is 1. The fourth-order valence-electron chi connectivity index (χ4n) is 3.42. The molecule has 9 heteroatoms. The molecule has 4 rings (SSSR count). The van der Waals surface area contributed by atoms with E-state index in [0.29, 0.717) is 29.1 Å². The third-order valence-corrected chi connectivity index (χ3v) is 4.93. The number of esters is 1. The fourth-order valence-corrected chi connectivity index (χ4v) is 3.42. The minimum Gasteiger partial charge on any atom is -0.482 e. The highest BCUT2D eigenvalue weighted by molar-refractivity contribution is 6.02. The van der Waals surface area contributed by atoms with Crippen molar-refractivity contribution in [2.75, 3.05) is 25.2 Å². The van der Waals surface area contributed by atoms with Crippen LogP contribution in [0.4, 0.5) is 5.69 Å². The van der Waals surface area contributed by atoms with Crippen LogP contribution in [-0.2, 0) is 16.1 Å². The summed E-state index contributed by atoms with van der Waals surface area (Å²) < 4.78 is 16.4. The van der Waals surface area contributed by atoms with E-state index in [4.69, 9.17) is 9.15 Å². The summed E-state index contributed by atoms with van der Waals surface area (Å²) in [7, 11) is 1.25. The number of likely N-dealkylation sites (N-methyl/N-ethyl adjacent to an activating group) is 1. The Hall–Kier alpha value is -3.88. The number of fused-ring (bicyclic) bond motifs is 2. The van der Waals surface area contributed by atoms with Crippen LogP contribution >= 0.6 is 0 Å². The van der Waals surface area contributed by atoms with Gasteiger partial charge in [-0.1, -0.05) is 0 Å². The van der Waals surface area contributed by atoms with Crippen molar-refractivity contribution in [1.82, 2.24) is 4.57 Å². The number of ketones is 1. The number of amides is 1. The summed E-state index contributed by atoms with van der Waals surface area (Å²) in [6.07, 6.45) is 0. The first kappa shape index (κ1) is 19.4. The summed E-state index contributed by atoms with van der Waals surface area (Å²) in [6, 6.07) is 9.22. The van der Waals surface area contributed by atoms with Crippen molar-refractivity contribution in [3.05, 3.63) is 58.1 Å². The number of anilines is 1. The SMILES string of the molecule is CCN1C(=O)COc2ccc(C(=O)Cn3c(=O)oc4cc(C(=O)OC)ccc43)cc21. The van der Waals surface area contributed by atoms with Gasteiger partial charge < -0.3 is 18.8 Å². The number of hydrogen-bond donors (Lipinski definition) is 0. The van der Waals surface area contributed by atoms with E-state index in [-0.39, 0.29) is 36.0 Å². The van der Waals surface area contributed by atoms with Crippen molar-refractivity contribution in [3.63, 3.8) is 0 Å². The molecule has 9 nitrogen and oxygen atoms in total. The first-order valence-corrected chi connectivity index (χ1v) is 9.25. The van der Waals surface area contributed by atoms with Crippen LogP contribution in [0, 0.1) is 0 Å². The second-order valence-corrected chi connectivity index (χ2v) is 6.66. The molecule has 0 saturated carbocycles. The third-order valence-electron chi connectivity index (χ3n) is 4.93. The number of hydrogen-bond acceptors (Lipinski definition) is 7. The van der Waals surface area contributed by atoms with Crippen LogP contribution in [-0.4, -0.2) is 42.5 Å². The molecule has 1 amide bonds. The molecular formula is C21H18N2O7. The maximum absolute atomic E-state index is 12.9. The number of ether oxygens (including phenoxy) is 2. The molecule has 0 bridgehead atoms. The lowest BCUT2D eigenvalue weighted by Gasteiger charge is -2.28. The normalized spacial score (nSPS) is 13.1. The monoisotopic (exact) mass is 410 g/mol. The molecule has 0 saturated heterocycles. The topological polar surface area (TPSA) is 108 Å². The van der Waals surface area contributed by atoms with Gasteiger partial charge in [-0.2, -0.15) is 0 Å². The van der Waals surface area contributed by atoms with E-state index in [1.807, 2.05) is 6.92 Å². The molecule has 2 aromatic carbocycles. The average molecular weight is 410 g/mol. The molecule has 3 aromatic rings. The van der Waals surface area contributed by atoms with Gasteiger partial charge in [0.2, 0.25) is 0 Å². The highest BCUT2D eigenvalue weighted by atomic mass is 16.5. The van der Waals surface area contributed by atoms with Gasteiger partial charge in [-0.15, -0.1) is 0 Å². The van der Waals surface area contributed by atoms with Crippen molar-refractivity contribution in [3.8, 4) is 5.75 Å². The summed E-state index contributed by atoms with van der Waals surface area (Å²) in [4.78, 5) is 50.4. The van der Waals surface area contributed by atoms with Gasteiger partial charge in [0.25, 0.3) is 5.91 Å². The van der Waals surface area contributed by atoms with Crippen LogP contribution in [0.2, 0.25) is 0 Å². The van der Waals surface area contributed by atoms with Gasteiger partial charge in [0.1, 0.15) is 5.75 Å². The van der Waals surface area contributed by atoms with Crippen molar-refractivity contribution in [2.24, 2.45) is 0 Å². The molecule has 1 aliphatic heterocycles. The Balaban J connectivity index is 1.66. The molecule has 0 fully saturated rings. The molecule has 1 aromatic heterocycles. The van der Waals surface area contributed by atoms with Gasteiger partial charge in [0.15, 0.2) is 18.0 Å². The summed E-state index contributed by atoms with van der Waals surface area (Å²) in [6.45, 7) is 1.98. The Bertz CT molecular complexity index is 1240. The van der Waals surface area contributed by atoms with E-state index in [1.54, 1.807) is 23.1 Å². The zero-order valence-electron chi connectivity index (χ0n) is 16.3. The standard InChI is InChI=1S/C21H18N2O7/c1-3-22-15-8-12(5-7-17(15)29-11-19(22)25)16(24)10-23-14-6-4-13(20(26)28-2)9-18(14)30-21(23)27/h4-9H,3,10-11H2,1-2H3. The second-order valence-electron chi connectivity index (χ2n) is 6.66. The highest BCUT2D eigenvalue weighted by Crippen LogP contribution is 2.33. The Morgan fingerprint density at radius 2 is 1.87 bits per heavy atom. The lowest BCUT2D eigenvalue weighted by Crippen LogP contribution is -2.38. The number of methoxy groups -OCH3 is 1. The predicted molar refractivity (Wildman–Crippen MR) is 106 cm³/mol. The van der Waals surface area contributed by atoms with Crippen LogP contribution in [0.25, 0.3) is 11.1 Å². The van der Waals surface area contributed by atoms with Gasteiger partial charge in [-0.3, -0.25) is 14.2 Å². The van der Waals surface area contributed by atoms with E-state index in [2.05, 4.69) is 4.74 Å². The number of carbonyl (C=O) groups is 3. The largest absolute Gasteiger partial charge is 0.482 e. The van der Waals surface area contributed by atoms with Crippen LogP contribution in [0.1, 0.15) is 27.6 Å². The number of aromatic nitrogens is 1. The number of oxazole rings is 1. The van der Waals surface area contributed by atoms with Crippen molar-refractivity contribution in [1.29, 1.82) is 0 Å². The number of nitrogens with zero attached hydrogens (tertiary/aromatic N) is 2. The Labute approximate surface area is 170 Å². The molecule has 0 radical (unpaired) electrons. The Morgan fingerprint density at radius 1 is 1.10 bits per heavy atom. The van der Waals surface area contributed by atoms with Gasteiger partial charge in [-0.25, -0.2) is 9.59 Å². The third kappa shape index (κ3) is 3.24. The predicted octanol–water partition coefficient (Wildman–Crippen LogP) is 2.01. The van der Waals surface area contributed by atoms with Crippen LogP contribution < -0.4 is 15.4 Å². The molecule has 2 heterocycles. The lowest BCUT2D eigenvalue weighted by molar-refractivity contribution is -0.121. The minimum absolute atomic E-state index is 0.0436. The number of benzene rings is 2. The zero-order valence-corrected chi connectivity index (χ0v) is 16.3. The Kier molecular flexibility index (Phi) is 4.86. The Morgan fingerprint density at radius 3 is 2.60 bits per heavy atom. The second kappa shape index (κ2) is 7.51. The van der Waals surface area contributed by atoms with Gasteiger partial charge in [0, 0.05) is 12.1 Å². The first-order valence-electron chi connectivity index (χ1n) is 9.25. The maximum atomic E-state index is 12.9. The van der Waals surface area contributed by atoms with Crippen LogP contribution in [0.3, 0.4) is 0 Å². The molecule has 0 N–H and O–H groups in total. The summed E-state index contributed by atoms with van der Waals surface area (Å²) >= 11 is 0. The van der Waals surface area contributed by atoms with Crippen LogP contribution in [0.5, 0.6) is 5.75 Å². The summed E-state index contributed by atoms with van der Waals surface area (Å²) in [5.41, 5.74) is 1.64. The molecule has 0 atom stereocenters. The molecule has 0 spiro atoms. The minimum atomic E-state index is -0.716. The molecular weight excluding hydrogens is 392 g/mol. The average Bonchev–Trinajstić information content (AvgIpc) is 3.06. The molecule has 154 valence electrons. The van der Waals surface area contributed by atoms with Crippen molar-refractivity contribution in [2.45, 2.75) is 13.5 Å². The quantitative estimate of drug-likeness (QED) is 0.468. The van der Waals surface area contributed by atoms with E-state index in [9.17, 15) is 19.2 Å². The van der Waals surface area contributed by atoms with Crippen molar-refractivity contribution >= 4 is 34.4 Å². The highest BCUT2D eigenvalue weighted by Gasteiger charge is 2.25. The van der Waals surface area contributed by atoms with Crippen LogP contribution in [0.15, 0.2) is 45.6 Å². The molecule has 0 unspecified atom stereocenters. The number of carbonyl (C=O) groups excluding carboxylic acids is 3. The first-order chi connectivity index (χ1) is 14.4. The van der Waals surface area contributed by atoms with Gasteiger partial charge in [-0.05, 0) is 43.3 Å². The maximum Gasteiger partial charge on any atom is 0.420 e. The van der Waals surface area contributed by atoms with E-state index < -0.39 is 11.7 Å². The molecule has 1 aliphatic rings. The smallest absolute Gasteiger partial charge is 0.420 e. The molecule has 30 heavy (non-hydrogen) atoms. The van der Waals surface area contributed by atoms with Gasteiger partial charge in [0.05, 0.1) is 30.4 Å². The lowest BCUT2D eigenvalue weighted by atomic mass is 10.1.